The van der Waals surface area contributed by atoms with Gasteiger partial charge in [0.05, 0.1) is 6.07 Å². The molecule has 2 nitrogen and oxygen atoms in total. The number of nitrogens with one attached hydrogen (secondary N) is 1. The van der Waals surface area contributed by atoms with Crippen LogP contribution in [0.3, 0.4) is 0 Å². The molecule has 94 valence electrons. The molecule has 4 saturated carbocycles. The highest BCUT2D eigenvalue weighted by atomic mass is 15.0. The molecule has 0 saturated heterocycles. The van der Waals surface area contributed by atoms with Crippen molar-refractivity contribution in [2.24, 2.45) is 29.6 Å². The molecule has 1 atom stereocenters. The van der Waals surface area contributed by atoms with Crippen LogP contribution in [0.25, 0.3) is 0 Å². The molecule has 0 aromatic rings. The number of nitrogens with zero attached hydrogens (tertiary/aromatic N) is 1. The van der Waals surface area contributed by atoms with Crippen molar-refractivity contribution < 1.29 is 0 Å². The first-order valence-electron chi connectivity index (χ1n) is 7.32. The molecular weight excluding hydrogens is 208 g/mol. The normalized spacial score (nSPS) is 46.5. The molecule has 0 aromatic heterocycles. The summed E-state index contributed by atoms with van der Waals surface area (Å²) in [5, 5.41) is 13.1. The van der Waals surface area contributed by atoms with Crippen molar-refractivity contribution in [3.8, 4) is 6.07 Å². The van der Waals surface area contributed by atoms with Crippen LogP contribution in [0.15, 0.2) is 0 Å². The zero-order valence-corrected chi connectivity index (χ0v) is 11.1. The summed E-state index contributed by atoms with van der Waals surface area (Å²) in [6, 6.07) is 2.60. The van der Waals surface area contributed by atoms with E-state index >= 15 is 0 Å². The third-order valence-electron chi connectivity index (χ3n) is 5.67. The lowest BCUT2D eigenvalue weighted by Crippen LogP contribution is -2.58. The van der Waals surface area contributed by atoms with Crippen molar-refractivity contribution in [3.63, 3.8) is 0 Å². The summed E-state index contributed by atoms with van der Waals surface area (Å²) in [5.41, 5.74) is -0.280. The number of rotatable bonds is 3. The minimum Gasteiger partial charge on any atom is -0.300 e. The maximum Gasteiger partial charge on any atom is 0.107 e. The zero-order valence-electron chi connectivity index (χ0n) is 11.1. The first-order chi connectivity index (χ1) is 8.16. The summed E-state index contributed by atoms with van der Waals surface area (Å²) in [7, 11) is 0. The third-order valence-corrected chi connectivity index (χ3v) is 5.67. The molecule has 4 aliphatic rings. The Hall–Kier alpha value is -0.550. The highest BCUT2D eigenvalue weighted by Gasteiger charge is 2.54. The molecule has 0 aliphatic heterocycles. The van der Waals surface area contributed by atoms with Crippen LogP contribution in [0.1, 0.15) is 46.0 Å². The lowest BCUT2D eigenvalue weighted by molar-refractivity contribution is -0.0621. The van der Waals surface area contributed by atoms with Crippen LogP contribution in [-0.4, -0.2) is 12.1 Å². The molecule has 4 fully saturated rings. The molecule has 0 spiro atoms. The predicted molar refractivity (Wildman–Crippen MR) is 68.2 cm³/mol. The molecule has 1 unspecified atom stereocenters. The van der Waals surface area contributed by atoms with Gasteiger partial charge >= 0.3 is 0 Å². The molecule has 0 amide bonds. The van der Waals surface area contributed by atoms with Crippen LogP contribution in [0.4, 0.5) is 0 Å². The molecule has 2 heteroatoms. The van der Waals surface area contributed by atoms with Crippen molar-refractivity contribution in [3.05, 3.63) is 0 Å². The Morgan fingerprint density at radius 2 is 1.65 bits per heavy atom. The van der Waals surface area contributed by atoms with Crippen molar-refractivity contribution in [1.82, 2.24) is 5.32 Å². The summed E-state index contributed by atoms with van der Waals surface area (Å²) >= 11 is 0. The van der Waals surface area contributed by atoms with Gasteiger partial charge < -0.3 is 0 Å². The van der Waals surface area contributed by atoms with Crippen LogP contribution in [0.5, 0.6) is 0 Å². The fraction of sp³-hybridized carbons (Fsp3) is 0.933. The average Bonchev–Trinajstić information content (AvgIpc) is 2.27. The smallest absolute Gasteiger partial charge is 0.107 e. The Labute approximate surface area is 105 Å². The van der Waals surface area contributed by atoms with Gasteiger partial charge in [0.25, 0.3) is 0 Å². The number of hydrogen-bond acceptors (Lipinski definition) is 2. The maximum atomic E-state index is 9.59. The summed E-state index contributed by atoms with van der Waals surface area (Å²) in [4.78, 5) is 0. The van der Waals surface area contributed by atoms with Gasteiger partial charge in [-0.25, -0.2) is 0 Å². The van der Waals surface area contributed by atoms with Crippen LogP contribution in [0, 0.1) is 40.9 Å². The lowest BCUT2D eigenvalue weighted by atomic mass is 9.48. The van der Waals surface area contributed by atoms with Crippen molar-refractivity contribution in [1.29, 1.82) is 5.26 Å². The van der Waals surface area contributed by atoms with E-state index in [-0.39, 0.29) is 5.54 Å². The Morgan fingerprint density at radius 1 is 1.12 bits per heavy atom. The van der Waals surface area contributed by atoms with E-state index in [1.54, 1.807) is 0 Å². The van der Waals surface area contributed by atoms with E-state index in [0.717, 1.165) is 30.2 Å². The van der Waals surface area contributed by atoms with Crippen LogP contribution in [0.2, 0.25) is 0 Å². The fourth-order valence-electron chi connectivity index (χ4n) is 5.47. The van der Waals surface area contributed by atoms with Gasteiger partial charge in [0.2, 0.25) is 0 Å². The average molecular weight is 232 g/mol. The van der Waals surface area contributed by atoms with Crippen molar-refractivity contribution >= 4 is 0 Å². The summed E-state index contributed by atoms with van der Waals surface area (Å²) in [5.74, 6) is 4.27. The van der Waals surface area contributed by atoms with E-state index in [1.807, 2.05) is 0 Å². The molecular formula is C15H24N2. The quantitative estimate of drug-likeness (QED) is 0.812. The Morgan fingerprint density at radius 3 is 2.06 bits per heavy atom. The van der Waals surface area contributed by atoms with Gasteiger partial charge in [-0.1, -0.05) is 6.92 Å². The monoisotopic (exact) mass is 232 g/mol. The number of nitriles is 1. The molecule has 1 N–H and O–H groups in total. The van der Waals surface area contributed by atoms with E-state index in [1.165, 1.54) is 32.1 Å². The van der Waals surface area contributed by atoms with E-state index in [0.29, 0.717) is 5.92 Å². The highest BCUT2D eigenvalue weighted by Crippen LogP contribution is 2.58. The summed E-state index contributed by atoms with van der Waals surface area (Å²) < 4.78 is 0. The van der Waals surface area contributed by atoms with Gasteiger partial charge in [-0.2, -0.15) is 5.26 Å². The molecule has 0 aromatic carbocycles. The summed E-state index contributed by atoms with van der Waals surface area (Å²) in [6.07, 6.45) is 7.10. The van der Waals surface area contributed by atoms with Crippen LogP contribution >= 0.6 is 0 Å². The minimum atomic E-state index is -0.280. The largest absolute Gasteiger partial charge is 0.300 e. The van der Waals surface area contributed by atoms with E-state index < -0.39 is 0 Å². The molecule has 0 heterocycles. The fourth-order valence-corrected chi connectivity index (χ4v) is 5.47. The Bertz CT molecular complexity index is 315. The van der Waals surface area contributed by atoms with E-state index in [4.69, 9.17) is 0 Å². The first kappa shape index (κ1) is 11.5. The second-order valence-corrected chi connectivity index (χ2v) is 6.80. The van der Waals surface area contributed by atoms with Gasteiger partial charge in [-0.3, -0.25) is 5.32 Å². The molecule has 17 heavy (non-hydrogen) atoms. The van der Waals surface area contributed by atoms with Gasteiger partial charge in [-0.05, 0) is 75.2 Å². The summed E-state index contributed by atoms with van der Waals surface area (Å²) in [6.45, 7) is 5.17. The topological polar surface area (TPSA) is 35.8 Å². The second-order valence-electron chi connectivity index (χ2n) is 6.80. The minimum absolute atomic E-state index is 0.280. The van der Waals surface area contributed by atoms with Gasteiger partial charge in [0, 0.05) is 0 Å². The zero-order chi connectivity index (χ0) is 12.0. The van der Waals surface area contributed by atoms with Gasteiger partial charge in [-0.15, -0.1) is 0 Å². The molecule has 4 rings (SSSR count). The Balaban J connectivity index is 1.86. The number of hydrogen-bond donors (Lipinski definition) is 1. The molecule has 4 aliphatic carbocycles. The predicted octanol–water partition coefficient (Wildman–Crippen LogP) is 2.95. The Kier molecular flexibility index (Phi) is 2.70. The molecule has 0 radical (unpaired) electrons. The van der Waals surface area contributed by atoms with Crippen molar-refractivity contribution in [2.75, 3.05) is 6.54 Å². The lowest BCUT2D eigenvalue weighted by Gasteiger charge is -2.57. The molecule has 4 bridgehead atoms. The maximum absolute atomic E-state index is 9.59. The van der Waals surface area contributed by atoms with Crippen LogP contribution < -0.4 is 5.32 Å². The van der Waals surface area contributed by atoms with E-state index in [2.05, 4.69) is 25.2 Å². The highest BCUT2D eigenvalue weighted by molar-refractivity contribution is 5.15. The van der Waals surface area contributed by atoms with Crippen molar-refractivity contribution in [2.45, 2.75) is 51.5 Å². The van der Waals surface area contributed by atoms with E-state index in [9.17, 15) is 5.26 Å². The van der Waals surface area contributed by atoms with Gasteiger partial charge in [0.1, 0.15) is 5.54 Å². The third kappa shape index (κ3) is 1.71. The van der Waals surface area contributed by atoms with Crippen LogP contribution in [-0.2, 0) is 0 Å². The second kappa shape index (κ2) is 3.99. The standard InChI is InChI=1S/C15H24N2/c1-3-17-15(2,9-16)14-12-5-10-4-11(7-12)8-13(14)6-10/h10-14,17H,3-8H2,1-2H3. The van der Waals surface area contributed by atoms with Gasteiger partial charge in [0.15, 0.2) is 0 Å². The first-order valence-corrected chi connectivity index (χ1v) is 7.32. The SMILES string of the molecule is CCNC(C)(C#N)C1C2CC3CC(C2)CC1C3.